The molecular weight excluding hydrogens is 430 g/mol. The van der Waals surface area contributed by atoms with E-state index in [1.54, 1.807) is 10.6 Å². The average molecular weight is 446 g/mol. The van der Waals surface area contributed by atoms with Gasteiger partial charge in [-0.25, -0.2) is 4.98 Å². The van der Waals surface area contributed by atoms with Crippen molar-refractivity contribution in [3.05, 3.63) is 99.0 Å². The number of para-hydroxylation sites is 2. The van der Waals surface area contributed by atoms with Gasteiger partial charge in [0.1, 0.15) is 5.82 Å². The van der Waals surface area contributed by atoms with E-state index in [2.05, 4.69) is 21.2 Å². The highest BCUT2D eigenvalue weighted by Gasteiger charge is 2.32. The minimum absolute atomic E-state index is 0.0832. The van der Waals surface area contributed by atoms with Gasteiger partial charge in [0.05, 0.1) is 22.5 Å². The molecule has 0 saturated carbocycles. The number of nitrogens with zero attached hydrogens (tertiary/aromatic N) is 2. The van der Waals surface area contributed by atoms with Gasteiger partial charge >= 0.3 is 0 Å². The van der Waals surface area contributed by atoms with Crippen LogP contribution in [0, 0.1) is 0 Å². The summed E-state index contributed by atoms with van der Waals surface area (Å²) in [6, 6.07) is 22.5. The summed E-state index contributed by atoms with van der Waals surface area (Å²) >= 11 is 3.48. The van der Waals surface area contributed by atoms with E-state index in [4.69, 9.17) is 4.98 Å². The fourth-order valence-electron chi connectivity index (χ4n) is 3.84. The zero-order valence-corrected chi connectivity index (χ0v) is 16.9. The first-order valence-corrected chi connectivity index (χ1v) is 10.1. The van der Waals surface area contributed by atoms with E-state index in [1.807, 2.05) is 66.7 Å². The first-order valence-electron chi connectivity index (χ1n) is 9.28. The Kier molecular flexibility index (Phi) is 4.28. The Bertz CT molecular complexity index is 1320. The summed E-state index contributed by atoms with van der Waals surface area (Å²) < 4.78 is 2.52. The molecule has 5 rings (SSSR count). The standard InChI is InChI=1S/C23H16BrN3O2/c24-14-10-11-20-17(12-14)18(22(28)26-20)13-21-25-19-9-5-4-8-16(19)23(29)27(21)15-6-2-1-3-7-15/h1-12,18H,13H2,(H,26,28)/t18-/m1/s1. The minimum Gasteiger partial charge on any atom is -0.325 e. The van der Waals surface area contributed by atoms with Gasteiger partial charge in [-0.05, 0) is 48.0 Å². The third-order valence-corrected chi connectivity index (χ3v) is 5.70. The topological polar surface area (TPSA) is 64.0 Å². The Hall–Kier alpha value is -3.25. The summed E-state index contributed by atoms with van der Waals surface area (Å²) in [4.78, 5) is 30.8. The highest BCUT2D eigenvalue weighted by atomic mass is 79.9. The van der Waals surface area contributed by atoms with Crippen molar-refractivity contribution in [3.63, 3.8) is 0 Å². The van der Waals surface area contributed by atoms with Crippen molar-refractivity contribution < 1.29 is 4.79 Å². The smallest absolute Gasteiger partial charge is 0.265 e. The molecule has 29 heavy (non-hydrogen) atoms. The maximum atomic E-state index is 13.3. The monoisotopic (exact) mass is 445 g/mol. The molecule has 0 spiro atoms. The molecule has 1 atom stereocenters. The van der Waals surface area contributed by atoms with Crippen molar-refractivity contribution in [2.45, 2.75) is 12.3 Å². The van der Waals surface area contributed by atoms with E-state index >= 15 is 0 Å². The molecule has 142 valence electrons. The van der Waals surface area contributed by atoms with Crippen LogP contribution in [0.1, 0.15) is 17.3 Å². The van der Waals surface area contributed by atoms with Gasteiger partial charge in [-0.15, -0.1) is 0 Å². The fourth-order valence-corrected chi connectivity index (χ4v) is 4.22. The van der Waals surface area contributed by atoms with Crippen molar-refractivity contribution >= 4 is 38.4 Å². The molecule has 6 heteroatoms. The third kappa shape index (κ3) is 3.06. The number of fused-ring (bicyclic) bond motifs is 2. The van der Waals surface area contributed by atoms with Crippen LogP contribution in [0.5, 0.6) is 0 Å². The molecule has 4 aromatic rings. The van der Waals surface area contributed by atoms with Crippen LogP contribution in [-0.2, 0) is 11.2 Å². The number of anilines is 1. The van der Waals surface area contributed by atoms with E-state index < -0.39 is 5.92 Å². The Balaban J connectivity index is 1.70. The van der Waals surface area contributed by atoms with Crippen molar-refractivity contribution in [3.8, 4) is 5.69 Å². The Morgan fingerprint density at radius 2 is 1.72 bits per heavy atom. The second kappa shape index (κ2) is 6.97. The molecule has 5 nitrogen and oxygen atoms in total. The number of carbonyl (C=O) groups is 1. The molecule has 1 aliphatic heterocycles. The van der Waals surface area contributed by atoms with Crippen LogP contribution >= 0.6 is 15.9 Å². The number of halogens is 1. The van der Waals surface area contributed by atoms with Crippen LogP contribution in [0.3, 0.4) is 0 Å². The fraction of sp³-hybridized carbons (Fsp3) is 0.0870. The second-order valence-corrected chi connectivity index (χ2v) is 7.91. The van der Waals surface area contributed by atoms with E-state index in [-0.39, 0.29) is 11.5 Å². The van der Waals surface area contributed by atoms with Crippen molar-refractivity contribution in [1.29, 1.82) is 0 Å². The number of amides is 1. The maximum absolute atomic E-state index is 13.3. The van der Waals surface area contributed by atoms with E-state index in [1.165, 1.54) is 0 Å². The van der Waals surface area contributed by atoms with Gasteiger partial charge < -0.3 is 5.32 Å². The van der Waals surface area contributed by atoms with Crippen molar-refractivity contribution in [2.75, 3.05) is 5.32 Å². The molecule has 1 aliphatic rings. The number of hydrogen-bond acceptors (Lipinski definition) is 3. The zero-order valence-electron chi connectivity index (χ0n) is 15.3. The molecule has 1 N–H and O–H groups in total. The summed E-state index contributed by atoms with van der Waals surface area (Å²) in [6.07, 6.45) is 0.324. The van der Waals surface area contributed by atoms with Gasteiger partial charge in [0.15, 0.2) is 0 Å². The van der Waals surface area contributed by atoms with Gasteiger partial charge in [-0.2, -0.15) is 0 Å². The van der Waals surface area contributed by atoms with Crippen molar-refractivity contribution in [1.82, 2.24) is 9.55 Å². The van der Waals surface area contributed by atoms with Crippen LogP contribution in [0.15, 0.2) is 82.1 Å². The largest absolute Gasteiger partial charge is 0.325 e. The molecule has 2 heterocycles. The predicted molar refractivity (Wildman–Crippen MR) is 117 cm³/mol. The molecule has 0 radical (unpaired) electrons. The van der Waals surface area contributed by atoms with Crippen molar-refractivity contribution in [2.24, 2.45) is 0 Å². The van der Waals surface area contributed by atoms with Gasteiger partial charge in [-0.3, -0.25) is 14.2 Å². The second-order valence-electron chi connectivity index (χ2n) is 7.00. The molecule has 1 amide bonds. The zero-order chi connectivity index (χ0) is 20.0. The van der Waals surface area contributed by atoms with Crippen LogP contribution in [-0.4, -0.2) is 15.5 Å². The Labute approximate surface area is 175 Å². The molecule has 0 aliphatic carbocycles. The minimum atomic E-state index is -0.412. The highest BCUT2D eigenvalue weighted by Crippen LogP contribution is 2.36. The SMILES string of the molecule is O=C1Nc2ccc(Br)cc2[C@H]1Cc1nc2ccccc2c(=O)n1-c1ccccc1. The number of hydrogen-bond donors (Lipinski definition) is 1. The van der Waals surface area contributed by atoms with Gasteiger partial charge in [0.2, 0.25) is 5.91 Å². The molecular formula is C23H16BrN3O2. The molecule has 0 unspecified atom stereocenters. The summed E-state index contributed by atoms with van der Waals surface area (Å²) in [5.41, 5.74) is 2.94. The number of rotatable bonds is 3. The summed E-state index contributed by atoms with van der Waals surface area (Å²) in [7, 11) is 0. The molecule has 0 saturated heterocycles. The lowest BCUT2D eigenvalue weighted by atomic mass is 9.96. The first-order chi connectivity index (χ1) is 14.1. The molecule has 0 bridgehead atoms. The summed E-state index contributed by atoms with van der Waals surface area (Å²) in [6.45, 7) is 0. The van der Waals surface area contributed by atoms with Crippen LogP contribution < -0.4 is 10.9 Å². The Morgan fingerprint density at radius 1 is 0.966 bits per heavy atom. The number of nitrogens with one attached hydrogen (secondary N) is 1. The van der Waals surface area contributed by atoms with E-state index in [9.17, 15) is 9.59 Å². The lowest BCUT2D eigenvalue weighted by molar-refractivity contribution is -0.117. The lowest BCUT2D eigenvalue weighted by Gasteiger charge is -2.16. The van der Waals surface area contributed by atoms with Crippen LogP contribution in [0.2, 0.25) is 0 Å². The van der Waals surface area contributed by atoms with Gasteiger partial charge in [-0.1, -0.05) is 46.3 Å². The molecule has 3 aromatic carbocycles. The summed E-state index contributed by atoms with van der Waals surface area (Å²) in [5, 5.41) is 3.49. The highest BCUT2D eigenvalue weighted by molar-refractivity contribution is 9.10. The van der Waals surface area contributed by atoms with Gasteiger partial charge in [0.25, 0.3) is 5.56 Å². The third-order valence-electron chi connectivity index (χ3n) is 5.21. The summed E-state index contributed by atoms with van der Waals surface area (Å²) in [5.74, 6) is 0.0681. The molecule has 1 aromatic heterocycles. The van der Waals surface area contributed by atoms with E-state index in [0.717, 1.165) is 21.4 Å². The number of carbonyl (C=O) groups excluding carboxylic acids is 1. The quantitative estimate of drug-likeness (QED) is 0.507. The lowest BCUT2D eigenvalue weighted by Crippen LogP contribution is -2.26. The predicted octanol–water partition coefficient (Wildman–Crippen LogP) is 4.43. The number of benzene rings is 3. The van der Waals surface area contributed by atoms with Gasteiger partial charge in [0, 0.05) is 16.6 Å². The maximum Gasteiger partial charge on any atom is 0.265 e. The average Bonchev–Trinajstić information content (AvgIpc) is 3.03. The Morgan fingerprint density at radius 3 is 2.55 bits per heavy atom. The van der Waals surface area contributed by atoms with E-state index in [0.29, 0.717) is 23.1 Å². The van der Waals surface area contributed by atoms with Crippen LogP contribution in [0.4, 0.5) is 5.69 Å². The normalized spacial score (nSPS) is 15.3. The van der Waals surface area contributed by atoms with Crippen LogP contribution in [0.25, 0.3) is 16.6 Å². The number of aromatic nitrogens is 2. The molecule has 0 fully saturated rings. The first kappa shape index (κ1) is 17.8.